The summed E-state index contributed by atoms with van der Waals surface area (Å²) in [6, 6.07) is 23.4. The summed E-state index contributed by atoms with van der Waals surface area (Å²) in [6.45, 7) is 20.2. The lowest BCUT2D eigenvalue weighted by molar-refractivity contribution is -0.131. The number of likely N-dealkylation sites (tertiary alicyclic amines) is 3. The van der Waals surface area contributed by atoms with E-state index in [-0.39, 0.29) is 144 Å². The van der Waals surface area contributed by atoms with Crippen molar-refractivity contribution < 1.29 is 59.3 Å². The molecule has 12 aromatic rings. The number of aryl methyl sites for hydroxylation is 2. The number of fused-ring (bicyclic) bond motifs is 9. The zero-order valence-corrected chi connectivity index (χ0v) is 78.5. The predicted molar refractivity (Wildman–Crippen MR) is 518 cm³/mol. The minimum Gasteiger partial charge on any atom is -0.461 e. The smallest absolute Gasteiger partial charge is 0.319 e. The summed E-state index contributed by atoms with van der Waals surface area (Å²) in [6.07, 6.45) is 15.2. The van der Waals surface area contributed by atoms with Crippen molar-refractivity contribution in [2.45, 2.75) is 170 Å². The monoisotopic (exact) mass is 1900 g/mol. The third kappa shape index (κ3) is 15.6. The fourth-order valence-electron chi connectivity index (χ4n) is 24.8. The Morgan fingerprint density at radius 2 is 0.993 bits per heavy atom. The maximum Gasteiger partial charge on any atom is 0.319 e. The molecule has 24 nitrogen and oxygen atoms in total. The molecule has 714 valence electrons. The van der Waals surface area contributed by atoms with Gasteiger partial charge in [-0.3, -0.25) is 44.0 Å². The molecule has 0 spiro atoms. The molecule has 1 aliphatic carbocycles. The average molecular weight is 1900 g/mol. The highest BCUT2D eigenvalue weighted by Crippen LogP contribution is 2.55. The topological polar surface area (TPSA) is 224 Å². The summed E-state index contributed by atoms with van der Waals surface area (Å²) in [5.41, 5.74) is 0.334. The first-order valence-electron chi connectivity index (χ1n) is 48.5. The number of ether oxygens (including phenoxy) is 3. The molecule has 9 atom stereocenters. The van der Waals surface area contributed by atoms with E-state index in [9.17, 15) is 14.4 Å². The van der Waals surface area contributed by atoms with Crippen LogP contribution in [0.5, 0.6) is 18.0 Å². The van der Waals surface area contributed by atoms with Crippen LogP contribution in [0.15, 0.2) is 141 Å². The van der Waals surface area contributed by atoms with Gasteiger partial charge in [0, 0.05) is 174 Å². The molecule has 6 aromatic carbocycles. The van der Waals surface area contributed by atoms with E-state index in [1.165, 1.54) is 24.4 Å². The van der Waals surface area contributed by atoms with E-state index >= 15 is 30.7 Å². The van der Waals surface area contributed by atoms with Crippen molar-refractivity contribution in [3.05, 3.63) is 198 Å². The molecule has 3 amide bonds. The van der Waals surface area contributed by atoms with Gasteiger partial charge in [0.1, 0.15) is 94.9 Å². The van der Waals surface area contributed by atoms with Gasteiger partial charge in [-0.05, 0) is 189 Å². The van der Waals surface area contributed by atoms with E-state index in [1.807, 2.05) is 85.1 Å². The van der Waals surface area contributed by atoms with Crippen LogP contribution in [0.25, 0.3) is 98.8 Å². The van der Waals surface area contributed by atoms with Crippen LogP contribution in [-0.2, 0) is 27.2 Å². The van der Waals surface area contributed by atoms with Gasteiger partial charge in [0.05, 0.1) is 32.8 Å². The molecule has 0 N–H and O–H groups in total. The van der Waals surface area contributed by atoms with E-state index < -0.39 is 64.1 Å². The van der Waals surface area contributed by atoms with Crippen molar-refractivity contribution >= 4 is 112 Å². The third-order valence-electron chi connectivity index (χ3n) is 31.8. The highest BCUT2D eigenvalue weighted by molar-refractivity contribution is 6.36. The third-order valence-corrected chi connectivity index (χ3v) is 32.1. The van der Waals surface area contributed by atoms with Crippen LogP contribution in [-0.4, -0.2) is 245 Å². The molecule has 1 saturated carbocycles. The van der Waals surface area contributed by atoms with Gasteiger partial charge in [-0.25, -0.2) is 30.7 Å². The standard InChI is InChI=1S/C106H108ClF7N18O6/c1-8-67-79(110)42-73(69-22-16-25-72(87(67)69)94-91(114)95-75(45-115-94)98(124(6)48-60-49-128(50-60)84(135)12-5)121-101(118-95)137-57-105-34-17-37-129(105)52-63(108)43-105)80-29-35-104(33-18-38-131(80)104)56-136-102-119-96-76(99(122-102)125(7)65-31-39-126(54-65)82(133)10-3)46-116-92(89(96)112)70-23-14-21-62-41-74(88(111)68(9-2)85(62)70)81-30-36-106(44-64(109)53-132(81)106)58-138-103-120-97-77(47-117-93(90(97)113)71-24-13-19-61-20-15-26-78(107)86(61)71)100(123-103)130(51-59-27-28-59)66-32-40-127(55-66)83(134)11-4/h10-16,19-26,41-42,45-47,59-60,63-66,80-81H,3-5,8-9,17-18,27-40,43-44,48-58H2,1-2,6-7H3/t63-,64-,65-,66-,80?,81?,104?,105+,106+/m1/s1. The van der Waals surface area contributed by atoms with E-state index in [4.69, 9.17) is 70.7 Å². The predicted octanol–water partition coefficient (Wildman–Crippen LogP) is 18.3. The van der Waals surface area contributed by atoms with Gasteiger partial charge in [-0.2, -0.15) is 29.9 Å². The molecule has 0 bridgehead atoms. The number of anilines is 3. The number of aromatic nitrogens is 9. The Hall–Kier alpha value is -12.3. The van der Waals surface area contributed by atoms with Crippen molar-refractivity contribution in [3.63, 3.8) is 0 Å². The molecule has 3 unspecified atom stereocenters. The SMILES string of the molecule is C=CC(=O)N1CC(CN(C)c2nc(OC[C@@]34CCCN3C[C@H](F)C4)nc3c(F)c(-c4cccc5c(C6CCC7(COc8nc(N(C)[C@@H]9CCN(C(=O)C=C)C9)c9cnc(-c%10cccc%11cc(C%12CC[C@@]%13(COc%14nc(N(CC%15CC%15)[C@@H]%15CCN(C(=O)C=C)C%15)c%15cnc(-c%16cccc%17cccc(Cl)c%16%17)c(F)c%15n%14)C[C@@H](F)CN%12%13)c(F)c(CC)c%10%11)c(F)c9n8)CCCN67)cc(F)c(CC)c45)ncc23)C1. The summed E-state index contributed by atoms with van der Waals surface area (Å²) >= 11 is 6.86. The Morgan fingerprint density at radius 3 is 1.63 bits per heavy atom. The molecule has 138 heavy (non-hydrogen) atoms. The number of rotatable bonds is 28. The van der Waals surface area contributed by atoms with Gasteiger partial charge in [0.25, 0.3) is 0 Å². The highest BCUT2D eigenvalue weighted by Gasteiger charge is 2.56. The van der Waals surface area contributed by atoms with Gasteiger partial charge in [0.15, 0.2) is 17.5 Å². The molecular weight excluding hydrogens is 1790 g/mol. The van der Waals surface area contributed by atoms with Crippen LogP contribution in [0.1, 0.15) is 138 Å². The molecule has 6 aromatic heterocycles. The summed E-state index contributed by atoms with van der Waals surface area (Å²) in [7, 11) is 3.68. The van der Waals surface area contributed by atoms with Gasteiger partial charge in [-0.1, -0.05) is 112 Å². The molecule has 0 radical (unpaired) electrons. The molecule has 9 aliphatic heterocycles. The number of amides is 3. The van der Waals surface area contributed by atoms with E-state index in [2.05, 4.69) is 34.4 Å². The second-order valence-corrected chi connectivity index (χ2v) is 40.1. The van der Waals surface area contributed by atoms with Crippen molar-refractivity contribution in [2.75, 3.05) is 127 Å². The van der Waals surface area contributed by atoms with E-state index in [0.29, 0.717) is 216 Å². The largest absolute Gasteiger partial charge is 0.461 e. The van der Waals surface area contributed by atoms with Gasteiger partial charge < -0.3 is 43.6 Å². The fraction of sp³-hybridized carbons (Fsp3) is 0.434. The Kier molecular flexibility index (Phi) is 23.6. The number of alkyl halides is 2. The zero-order chi connectivity index (χ0) is 95.2. The fourth-order valence-corrected chi connectivity index (χ4v) is 25.1. The first kappa shape index (κ1) is 90.8. The lowest BCUT2D eigenvalue weighted by Gasteiger charge is -2.40. The highest BCUT2D eigenvalue weighted by atomic mass is 35.5. The van der Waals surface area contributed by atoms with Gasteiger partial charge in [-0.15, -0.1) is 0 Å². The number of pyridine rings is 3. The Morgan fingerprint density at radius 1 is 0.478 bits per heavy atom. The second kappa shape index (κ2) is 35.8. The Balaban J connectivity index is 0.570. The molecule has 32 heteroatoms. The number of halogens is 8. The van der Waals surface area contributed by atoms with Crippen LogP contribution in [0, 0.1) is 40.9 Å². The molecule has 22 rings (SSSR count). The Bertz CT molecular complexity index is 7010. The number of hydrogen-bond acceptors (Lipinski definition) is 21. The average Bonchev–Trinajstić information content (AvgIpc) is 1.56. The van der Waals surface area contributed by atoms with Crippen LogP contribution >= 0.6 is 11.6 Å². The van der Waals surface area contributed by atoms with E-state index in [1.54, 1.807) is 69.6 Å². The summed E-state index contributed by atoms with van der Waals surface area (Å²) < 4.78 is 143. The summed E-state index contributed by atoms with van der Waals surface area (Å²) in [5, 5.41) is 5.01. The minimum absolute atomic E-state index is 0.0239. The Labute approximate surface area is 799 Å². The van der Waals surface area contributed by atoms with Gasteiger partial charge in [0.2, 0.25) is 17.7 Å². The van der Waals surface area contributed by atoms with Gasteiger partial charge >= 0.3 is 18.0 Å². The van der Waals surface area contributed by atoms with Crippen molar-refractivity contribution in [1.82, 2.24) is 74.3 Å². The van der Waals surface area contributed by atoms with Crippen molar-refractivity contribution in [3.8, 4) is 51.8 Å². The van der Waals surface area contributed by atoms with Crippen LogP contribution < -0.4 is 28.9 Å². The lowest BCUT2D eigenvalue weighted by atomic mass is 9.88. The van der Waals surface area contributed by atoms with Crippen LogP contribution in [0.3, 0.4) is 0 Å². The first-order valence-corrected chi connectivity index (χ1v) is 48.9. The zero-order valence-electron chi connectivity index (χ0n) is 77.7. The molecule has 15 heterocycles. The minimum atomic E-state index is -1.33. The maximum absolute atomic E-state index is 18.8. The summed E-state index contributed by atoms with van der Waals surface area (Å²) in [5.74, 6) is -2.40. The number of hydrogen-bond donors (Lipinski definition) is 0. The normalized spacial score (nSPS) is 23.8. The number of carbonyl (C=O) groups is 3. The molecule has 10 fully saturated rings. The van der Waals surface area contributed by atoms with Crippen LogP contribution in [0.2, 0.25) is 5.02 Å². The van der Waals surface area contributed by atoms with Crippen LogP contribution in [0.4, 0.5) is 48.2 Å². The number of likely N-dealkylation sites (N-methyl/N-ethyl adjacent to an activating group) is 1. The summed E-state index contributed by atoms with van der Waals surface area (Å²) in [4.78, 5) is 101. The quantitative estimate of drug-likeness (QED) is 0.0328. The second-order valence-electron chi connectivity index (χ2n) is 39.7. The maximum atomic E-state index is 18.8. The lowest BCUT2D eigenvalue weighted by Crippen LogP contribution is -2.53. The number of benzene rings is 6. The molecular formula is C106H108ClF7N18O6. The van der Waals surface area contributed by atoms with Crippen molar-refractivity contribution in [1.29, 1.82) is 0 Å². The van der Waals surface area contributed by atoms with Crippen molar-refractivity contribution in [2.24, 2.45) is 11.8 Å². The number of nitrogens with zero attached hydrogens (tertiary/aromatic N) is 18. The number of carbonyl (C=O) groups excluding carboxylic acids is 3. The first-order chi connectivity index (χ1) is 66.9. The molecule has 9 saturated heterocycles. The molecule has 10 aliphatic rings. The van der Waals surface area contributed by atoms with E-state index in [0.717, 1.165) is 49.4 Å².